The molecule has 0 spiro atoms. The quantitative estimate of drug-likeness (QED) is 0.567. The van der Waals surface area contributed by atoms with Crippen molar-refractivity contribution < 1.29 is 14.3 Å². The van der Waals surface area contributed by atoms with Crippen molar-refractivity contribution in [1.82, 2.24) is 4.98 Å². The lowest BCUT2D eigenvalue weighted by Gasteiger charge is -2.21. The number of benzene rings is 2. The number of hydrogen-bond donors (Lipinski definition) is 1. The highest BCUT2D eigenvalue weighted by Gasteiger charge is 2.20. The highest BCUT2D eigenvalue weighted by molar-refractivity contribution is 6.42. The van der Waals surface area contributed by atoms with E-state index in [0.29, 0.717) is 21.5 Å². The number of carbonyl (C=O) groups is 1. The molecule has 0 aliphatic heterocycles. The minimum absolute atomic E-state index is 0.0960. The van der Waals surface area contributed by atoms with Gasteiger partial charge >= 0.3 is 5.97 Å². The molecular formula is C20H18Cl2N2O3. The van der Waals surface area contributed by atoms with Crippen LogP contribution in [0.2, 0.25) is 10.0 Å². The first-order valence-electron chi connectivity index (χ1n) is 8.23. The van der Waals surface area contributed by atoms with Gasteiger partial charge in [0.15, 0.2) is 0 Å². The fourth-order valence-electron chi connectivity index (χ4n) is 2.87. The molecule has 0 aliphatic carbocycles. The van der Waals surface area contributed by atoms with Crippen LogP contribution in [0.1, 0.15) is 18.0 Å². The Balaban J connectivity index is 2.00. The smallest absolute Gasteiger partial charge is 0.307 e. The summed E-state index contributed by atoms with van der Waals surface area (Å²) in [6.45, 7) is 0. The van der Waals surface area contributed by atoms with Gasteiger partial charge in [0.05, 0.1) is 36.7 Å². The molecule has 0 aliphatic rings. The normalized spacial score (nSPS) is 11.9. The summed E-state index contributed by atoms with van der Waals surface area (Å²) in [6.07, 6.45) is 1.79. The molecule has 3 aromatic rings. The lowest BCUT2D eigenvalue weighted by Crippen LogP contribution is -2.17. The lowest BCUT2D eigenvalue weighted by molar-refractivity contribution is -0.140. The molecule has 1 unspecified atom stereocenters. The number of rotatable bonds is 6. The Morgan fingerprint density at radius 1 is 1.19 bits per heavy atom. The van der Waals surface area contributed by atoms with Crippen LogP contribution in [0.15, 0.2) is 48.7 Å². The lowest BCUT2D eigenvalue weighted by atomic mass is 10.0. The van der Waals surface area contributed by atoms with Gasteiger partial charge in [-0.2, -0.15) is 0 Å². The number of ether oxygens (including phenoxy) is 2. The van der Waals surface area contributed by atoms with Crippen LogP contribution in [0.4, 0.5) is 5.69 Å². The average molecular weight is 405 g/mol. The van der Waals surface area contributed by atoms with Gasteiger partial charge in [0.1, 0.15) is 0 Å². The summed E-state index contributed by atoms with van der Waals surface area (Å²) in [5.74, 6) is 0.171. The minimum atomic E-state index is -0.413. The number of hydrogen-bond acceptors (Lipinski definition) is 5. The number of aromatic nitrogens is 1. The molecule has 1 heterocycles. The zero-order valence-corrected chi connectivity index (χ0v) is 16.3. The summed E-state index contributed by atoms with van der Waals surface area (Å²) in [5.41, 5.74) is 1.51. The van der Waals surface area contributed by atoms with Crippen LogP contribution in [0.5, 0.6) is 5.88 Å². The van der Waals surface area contributed by atoms with E-state index >= 15 is 0 Å². The number of nitrogens with zero attached hydrogens (tertiary/aromatic N) is 1. The number of halogens is 2. The SMILES string of the molecule is COC(=O)CC(Nc1ccc2ccnc(OC)c2c1)c1cccc(Cl)c1Cl. The van der Waals surface area contributed by atoms with E-state index in [4.69, 9.17) is 32.7 Å². The first kappa shape index (κ1) is 19.3. The van der Waals surface area contributed by atoms with Crippen molar-refractivity contribution >= 4 is 45.6 Å². The molecule has 27 heavy (non-hydrogen) atoms. The zero-order chi connectivity index (χ0) is 19.4. The molecule has 0 saturated carbocycles. The average Bonchev–Trinajstić information content (AvgIpc) is 2.69. The monoisotopic (exact) mass is 404 g/mol. The minimum Gasteiger partial charge on any atom is -0.481 e. The number of carbonyl (C=O) groups excluding carboxylic acids is 1. The molecule has 1 atom stereocenters. The van der Waals surface area contributed by atoms with Crippen LogP contribution in [0.25, 0.3) is 10.8 Å². The van der Waals surface area contributed by atoms with Crippen LogP contribution < -0.4 is 10.1 Å². The topological polar surface area (TPSA) is 60.5 Å². The van der Waals surface area contributed by atoms with Crippen molar-refractivity contribution in [2.24, 2.45) is 0 Å². The van der Waals surface area contributed by atoms with Crippen molar-refractivity contribution in [1.29, 1.82) is 0 Å². The number of pyridine rings is 1. The van der Waals surface area contributed by atoms with E-state index in [2.05, 4.69) is 10.3 Å². The molecule has 140 valence electrons. The van der Waals surface area contributed by atoms with Gasteiger partial charge in [-0.15, -0.1) is 0 Å². The predicted octanol–water partition coefficient (Wildman–Crippen LogP) is 5.27. The third-order valence-electron chi connectivity index (χ3n) is 4.22. The van der Waals surface area contributed by atoms with Crippen molar-refractivity contribution in [3.05, 3.63) is 64.3 Å². The third kappa shape index (κ3) is 4.26. The van der Waals surface area contributed by atoms with Gasteiger partial charge in [-0.1, -0.05) is 41.4 Å². The van der Waals surface area contributed by atoms with E-state index in [-0.39, 0.29) is 12.4 Å². The second-order valence-corrected chi connectivity index (χ2v) is 6.66. The summed E-state index contributed by atoms with van der Waals surface area (Å²) < 4.78 is 10.2. The molecular weight excluding hydrogens is 387 g/mol. The molecule has 7 heteroatoms. The molecule has 0 amide bonds. The molecule has 0 fully saturated rings. The second-order valence-electron chi connectivity index (χ2n) is 5.88. The summed E-state index contributed by atoms with van der Waals surface area (Å²) in [7, 11) is 2.93. The van der Waals surface area contributed by atoms with Gasteiger partial charge in [0.2, 0.25) is 5.88 Å². The van der Waals surface area contributed by atoms with Crippen LogP contribution in [0.3, 0.4) is 0 Å². The van der Waals surface area contributed by atoms with Gasteiger partial charge in [-0.3, -0.25) is 4.79 Å². The number of esters is 1. The fraction of sp³-hybridized carbons (Fsp3) is 0.200. The van der Waals surface area contributed by atoms with E-state index in [1.807, 2.05) is 30.3 Å². The van der Waals surface area contributed by atoms with Crippen molar-refractivity contribution in [2.75, 3.05) is 19.5 Å². The summed E-state index contributed by atoms with van der Waals surface area (Å²) in [5, 5.41) is 6.03. The highest BCUT2D eigenvalue weighted by atomic mass is 35.5. The summed E-state index contributed by atoms with van der Waals surface area (Å²) in [4.78, 5) is 16.2. The Morgan fingerprint density at radius 3 is 2.74 bits per heavy atom. The van der Waals surface area contributed by atoms with Gasteiger partial charge in [0.25, 0.3) is 0 Å². The van der Waals surface area contributed by atoms with Crippen LogP contribution >= 0.6 is 23.2 Å². The maximum absolute atomic E-state index is 11.9. The number of anilines is 1. The Labute approximate surface area is 167 Å². The predicted molar refractivity (Wildman–Crippen MR) is 108 cm³/mol. The Bertz CT molecular complexity index is 979. The summed E-state index contributed by atoms with van der Waals surface area (Å²) >= 11 is 12.5. The molecule has 0 saturated heterocycles. The largest absolute Gasteiger partial charge is 0.481 e. The van der Waals surface area contributed by atoms with Gasteiger partial charge in [-0.25, -0.2) is 4.98 Å². The van der Waals surface area contributed by atoms with Gasteiger partial charge in [-0.05, 0) is 35.2 Å². The van der Waals surface area contributed by atoms with E-state index in [0.717, 1.165) is 16.5 Å². The molecule has 0 radical (unpaired) electrons. The molecule has 1 aromatic heterocycles. The first-order chi connectivity index (χ1) is 13.0. The molecule has 2 aromatic carbocycles. The molecule has 5 nitrogen and oxygen atoms in total. The number of nitrogens with one attached hydrogen (secondary N) is 1. The van der Waals surface area contributed by atoms with E-state index in [1.54, 1.807) is 25.4 Å². The van der Waals surface area contributed by atoms with E-state index < -0.39 is 6.04 Å². The van der Waals surface area contributed by atoms with Gasteiger partial charge in [0, 0.05) is 17.3 Å². The maximum Gasteiger partial charge on any atom is 0.307 e. The van der Waals surface area contributed by atoms with E-state index in [1.165, 1.54) is 7.11 Å². The molecule has 3 rings (SSSR count). The standard InChI is InChI=1S/C20H18Cl2N2O3/c1-26-18(25)11-17(14-4-3-5-16(21)19(14)22)24-13-7-6-12-8-9-23-20(27-2)15(12)10-13/h3-10,17,24H,11H2,1-2H3. The highest BCUT2D eigenvalue weighted by Crippen LogP contribution is 2.34. The van der Waals surface area contributed by atoms with Crippen LogP contribution in [0, 0.1) is 0 Å². The Kier molecular flexibility index (Phi) is 6.04. The fourth-order valence-corrected chi connectivity index (χ4v) is 3.31. The number of methoxy groups -OCH3 is 2. The van der Waals surface area contributed by atoms with Crippen molar-refractivity contribution in [3.63, 3.8) is 0 Å². The summed E-state index contributed by atoms with van der Waals surface area (Å²) in [6, 6.07) is 12.6. The maximum atomic E-state index is 11.9. The van der Waals surface area contributed by atoms with Crippen molar-refractivity contribution in [3.8, 4) is 5.88 Å². The Morgan fingerprint density at radius 2 is 2.00 bits per heavy atom. The van der Waals surface area contributed by atoms with Crippen molar-refractivity contribution in [2.45, 2.75) is 12.5 Å². The molecule has 0 bridgehead atoms. The van der Waals surface area contributed by atoms with Crippen LogP contribution in [-0.2, 0) is 9.53 Å². The zero-order valence-electron chi connectivity index (χ0n) is 14.8. The van der Waals surface area contributed by atoms with E-state index in [9.17, 15) is 4.79 Å². The molecule has 1 N–H and O–H groups in total. The number of fused-ring (bicyclic) bond motifs is 1. The second kappa shape index (κ2) is 8.46. The van der Waals surface area contributed by atoms with Crippen LogP contribution in [-0.4, -0.2) is 25.2 Å². The third-order valence-corrected chi connectivity index (χ3v) is 5.05. The first-order valence-corrected chi connectivity index (χ1v) is 8.99. The van der Waals surface area contributed by atoms with Gasteiger partial charge < -0.3 is 14.8 Å². The Hall–Kier alpha value is -2.50.